The van der Waals surface area contributed by atoms with Crippen LogP contribution >= 0.6 is 0 Å². The van der Waals surface area contributed by atoms with E-state index in [-0.39, 0.29) is 18.4 Å². The van der Waals surface area contributed by atoms with Crippen LogP contribution in [0.3, 0.4) is 0 Å². The Morgan fingerprint density at radius 2 is 2.00 bits per heavy atom. The maximum atomic E-state index is 11.6. The highest BCUT2D eigenvalue weighted by Crippen LogP contribution is 2.09. The van der Waals surface area contributed by atoms with Crippen molar-refractivity contribution in [1.82, 2.24) is 16.0 Å². The lowest BCUT2D eigenvalue weighted by molar-refractivity contribution is -0.137. The molecule has 1 rings (SSSR count). The second kappa shape index (κ2) is 6.85. The van der Waals surface area contributed by atoms with Gasteiger partial charge in [0.05, 0.1) is 12.5 Å². The van der Waals surface area contributed by atoms with Crippen LogP contribution in [0.25, 0.3) is 0 Å². The van der Waals surface area contributed by atoms with Gasteiger partial charge in [-0.25, -0.2) is 0 Å². The molecule has 0 bridgehead atoms. The third-order valence-corrected chi connectivity index (χ3v) is 2.53. The molecular formula is C10H17N3O4. The van der Waals surface area contributed by atoms with Gasteiger partial charge in [-0.15, -0.1) is 0 Å². The van der Waals surface area contributed by atoms with Crippen molar-refractivity contribution in [3.05, 3.63) is 0 Å². The van der Waals surface area contributed by atoms with Gasteiger partial charge in [0.25, 0.3) is 0 Å². The first-order chi connectivity index (χ1) is 8.09. The summed E-state index contributed by atoms with van der Waals surface area (Å²) in [6, 6.07) is 0. The molecule has 96 valence electrons. The number of carboxylic acid groups (broad SMARTS) is 1. The molecule has 0 unspecified atom stereocenters. The zero-order chi connectivity index (χ0) is 12.7. The van der Waals surface area contributed by atoms with Gasteiger partial charge in [0.1, 0.15) is 6.54 Å². The molecule has 0 aromatic heterocycles. The van der Waals surface area contributed by atoms with Crippen molar-refractivity contribution < 1.29 is 19.5 Å². The highest BCUT2D eigenvalue weighted by Gasteiger charge is 2.20. The molecule has 0 aromatic rings. The molecule has 1 heterocycles. The second-order valence-corrected chi connectivity index (χ2v) is 3.93. The monoisotopic (exact) mass is 243 g/mol. The summed E-state index contributed by atoms with van der Waals surface area (Å²) in [5, 5.41) is 16.1. The van der Waals surface area contributed by atoms with E-state index in [0.29, 0.717) is 6.54 Å². The van der Waals surface area contributed by atoms with E-state index in [0.717, 1.165) is 19.4 Å². The Kier molecular flexibility index (Phi) is 5.41. The highest BCUT2D eigenvalue weighted by atomic mass is 16.4. The van der Waals surface area contributed by atoms with Crippen molar-refractivity contribution >= 4 is 17.8 Å². The van der Waals surface area contributed by atoms with Crippen LogP contribution in [-0.2, 0) is 14.4 Å². The fourth-order valence-electron chi connectivity index (χ4n) is 1.62. The third-order valence-electron chi connectivity index (χ3n) is 2.53. The number of rotatable bonds is 5. The van der Waals surface area contributed by atoms with Crippen LogP contribution in [-0.4, -0.2) is 49.1 Å². The van der Waals surface area contributed by atoms with Crippen molar-refractivity contribution in [2.45, 2.75) is 12.8 Å². The molecule has 2 amide bonds. The Bertz CT molecular complexity index is 300. The quantitative estimate of drug-likeness (QED) is 0.460. The van der Waals surface area contributed by atoms with Crippen LogP contribution < -0.4 is 16.0 Å². The molecule has 1 atom stereocenters. The largest absolute Gasteiger partial charge is 0.480 e. The molecule has 7 heteroatoms. The van der Waals surface area contributed by atoms with E-state index in [1.165, 1.54) is 0 Å². The number of amides is 2. The molecule has 1 fully saturated rings. The number of carbonyl (C=O) groups is 3. The van der Waals surface area contributed by atoms with E-state index in [9.17, 15) is 14.4 Å². The van der Waals surface area contributed by atoms with Crippen molar-refractivity contribution in [3.63, 3.8) is 0 Å². The molecule has 0 aromatic carbocycles. The van der Waals surface area contributed by atoms with Crippen molar-refractivity contribution in [3.8, 4) is 0 Å². The summed E-state index contributed by atoms with van der Waals surface area (Å²) in [5.41, 5.74) is 0. The maximum absolute atomic E-state index is 11.6. The average molecular weight is 243 g/mol. The van der Waals surface area contributed by atoms with Gasteiger partial charge < -0.3 is 21.1 Å². The predicted octanol–water partition coefficient (Wildman–Crippen LogP) is -1.70. The summed E-state index contributed by atoms with van der Waals surface area (Å²) < 4.78 is 0. The highest BCUT2D eigenvalue weighted by molar-refractivity contribution is 5.87. The van der Waals surface area contributed by atoms with Crippen LogP contribution in [0.15, 0.2) is 0 Å². The van der Waals surface area contributed by atoms with Gasteiger partial charge in [-0.05, 0) is 19.4 Å². The molecule has 1 aliphatic heterocycles. The topological polar surface area (TPSA) is 108 Å². The predicted molar refractivity (Wildman–Crippen MR) is 59.2 cm³/mol. The number of piperidine rings is 1. The summed E-state index contributed by atoms with van der Waals surface area (Å²) in [5.74, 6) is -1.87. The Morgan fingerprint density at radius 3 is 2.59 bits per heavy atom. The van der Waals surface area contributed by atoms with Crippen molar-refractivity contribution in [1.29, 1.82) is 0 Å². The van der Waals surface area contributed by atoms with E-state index < -0.39 is 18.4 Å². The number of nitrogens with one attached hydrogen (secondary N) is 3. The summed E-state index contributed by atoms with van der Waals surface area (Å²) in [7, 11) is 0. The zero-order valence-electron chi connectivity index (χ0n) is 9.49. The Balaban J connectivity index is 2.18. The summed E-state index contributed by atoms with van der Waals surface area (Å²) in [4.78, 5) is 32.9. The molecule has 7 nitrogen and oxygen atoms in total. The van der Waals surface area contributed by atoms with Crippen LogP contribution in [0.4, 0.5) is 0 Å². The van der Waals surface area contributed by atoms with Gasteiger partial charge >= 0.3 is 5.97 Å². The van der Waals surface area contributed by atoms with Gasteiger partial charge in [-0.3, -0.25) is 14.4 Å². The van der Waals surface area contributed by atoms with Crippen LogP contribution in [0.5, 0.6) is 0 Å². The summed E-state index contributed by atoms with van der Waals surface area (Å²) in [6.07, 6.45) is 1.76. The van der Waals surface area contributed by atoms with Crippen LogP contribution in [0, 0.1) is 5.92 Å². The van der Waals surface area contributed by atoms with Crippen molar-refractivity contribution in [2.24, 2.45) is 5.92 Å². The van der Waals surface area contributed by atoms with E-state index in [1.807, 2.05) is 0 Å². The smallest absolute Gasteiger partial charge is 0.322 e. The first-order valence-electron chi connectivity index (χ1n) is 5.56. The minimum atomic E-state index is -1.11. The third kappa shape index (κ3) is 5.30. The summed E-state index contributed by atoms with van der Waals surface area (Å²) >= 11 is 0. The molecule has 1 aliphatic rings. The minimum absolute atomic E-state index is 0.101. The minimum Gasteiger partial charge on any atom is -0.480 e. The molecule has 1 saturated heterocycles. The Labute approximate surface area is 98.9 Å². The number of carboxylic acids is 1. The van der Waals surface area contributed by atoms with Gasteiger partial charge in [0, 0.05) is 6.54 Å². The lowest BCUT2D eigenvalue weighted by atomic mass is 9.99. The molecular weight excluding hydrogens is 226 g/mol. The van der Waals surface area contributed by atoms with Crippen LogP contribution in [0.2, 0.25) is 0 Å². The van der Waals surface area contributed by atoms with Crippen molar-refractivity contribution in [2.75, 3.05) is 26.2 Å². The standard InChI is InChI=1S/C10H17N3O4/c14-8(12-6-9(15)16)5-13-10(17)7-2-1-3-11-4-7/h7,11H,1-6H2,(H,12,14)(H,13,17)(H,15,16)/t7-/m0/s1. The normalized spacial score (nSPS) is 19.4. The molecule has 0 aliphatic carbocycles. The maximum Gasteiger partial charge on any atom is 0.322 e. The molecule has 0 radical (unpaired) electrons. The molecule has 0 saturated carbocycles. The van der Waals surface area contributed by atoms with Crippen LogP contribution in [0.1, 0.15) is 12.8 Å². The first kappa shape index (κ1) is 13.4. The number of aliphatic carboxylic acids is 1. The van der Waals surface area contributed by atoms with E-state index >= 15 is 0 Å². The SMILES string of the molecule is O=C(O)CNC(=O)CNC(=O)[C@H]1CCCNC1. The van der Waals surface area contributed by atoms with Gasteiger partial charge in [0.15, 0.2) is 0 Å². The molecule has 0 spiro atoms. The van der Waals surface area contributed by atoms with Gasteiger partial charge in [0.2, 0.25) is 11.8 Å². The number of hydrogen-bond donors (Lipinski definition) is 4. The van der Waals surface area contributed by atoms with E-state index in [2.05, 4.69) is 16.0 Å². The van der Waals surface area contributed by atoms with E-state index in [1.54, 1.807) is 0 Å². The Morgan fingerprint density at radius 1 is 1.24 bits per heavy atom. The van der Waals surface area contributed by atoms with Gasteiger partial charge in [-0.1, -0.05) is 0 Å². The number of carbonyl (C=O) groups excluding carboxylic acids is 2. The zero-order valence-corrected chi connectivity index (χ0v) is 9.49. The summed E-state index contributed by atoms with van der Waals surface area (Å²) in [6.45, 7) is 0.938. The molecule has 17 heavy (non-hydrogen) atoms. The number of hydrogen-bond acceptors (Lipinski definition) is 4. The molecule has 4 N–H and O–H groups in total. The Hall–Kier alpha value is -1.63. The average Bonchev–Trinajstić information content (AvgIpc) is 2.34. The van der Waals surface area contributed by atoms with Gasteiger partial charge in [-0.2, -0.15) is 0 Å². The fraction of sp³-hybridized carbons (Fsp3) is 0.700. The lowest BCUT2D eigenvalue weighted by Gasteiger charge is -2.21. The fourth-order valence-corrected chi connectivity index (χ4v) is 1.62. The second-order valence-electron chi connectivity index (χ2n) is 3.93. The lowest BCUT2D eigenvalue weighted by Crippen LogP contribution is -2.44. The first-order valence-corrected chi connectivity index (χ1v) is 5.56. The van der Waals surface area contributed by atoms with E-state index in [4.69, 9.17) is 5.11 Å².